The lowest BCUT2D eigenvalue weighted by Crippen LogP contribution is -2.59. The van der Waals surface area contributed by atoms with E-state index in [1.54, 1.807) is 0 Å². The number of para-hydroxylation sites is 8. The van der Waals surface area contributed by atoms with Gasteiger partial charge in [0.05, 0.1) is 44.1 Å². The van der Waals surface area contributed by atoms with Crippen LogP contribution in [0.1, 0.15) is 22.3 Å². The highest BCUT2D eigenvalue weighted by atomic mass is 16.5. The summed E-state index contributed by atoms with van der Waals surface area (Å²) in [5.41, 5.74) is 36.2. The van der Waals surface area contributed by atoms with Crippen molar-refractivity contribution >= 4 is 180 Å². The number of hydrogen-bond donors (Lipinski definition) is 0. The molecule has 4 aromatic heterocycles. The highest BCUT2D eigenvalue weighted by Crippen LogP contribution is 2.44. The van der Waals surface area contributed by atoms with Gasteiger partial charge in [0.2, 0.25) is 0 Å². The van der Waals surface area contributed by atoms with Gasteiger partial charge in [-0.25, -0.2) is 0 Å². The number of aromatic nitrogens is 4. The molecular formula is C100H64B4N4O4. The number of hydrogen-bond acceptors (Lipinski definition) is 4. The van der Waals surface area contributed by atoms with Gasteiger partial charge < -0.3 is 37.2 Å². The lowest BCUT2D eigenvalue weighted by atomic mass is 9.34. The quantitative estimate of drug-likeness (QED) is 0.142. The predicted octanol–water partition coefficient (Wildman–Crippen LogP) is 16.1. The van der Waals surface area contributed by atoms with Gasteiger partial charge in [0, 0.05) is 65.8 Å². The Balaban J connectivity index is 0.0000000847. The van der Waals surface area contributed by atoms with Gasteiger partial charge >= 0.3 is 0 Å². The average Bonchev–Trinajstić information content (AvgIpc) is 1.49. The van der Waals surface area contributed by atoms with Gasteiger partial charge in [0.1, 0.15) is 46.0 Å². The Hall–Kier alpha value is -13.8. The van der Waals surface area contributed by atoms with Crippen LogP contribution < -0.4 is 84.5 Å². The molecule has 28 rings (SSSR count). The number of benzene rings is 16. The SMILES string of the molecule is Cc1ccc2c(c1)B1c3ccccc3-n3c4ccccc4c4ccc(c1c43)O2.Cc1ccc2c(c1)B1c3ccccc3Oc3ccc4c5ccccc5n-2c4c31.Cc1cccc2c1B1c3ccccc3-n3c4ccccc4c4ccc(c1c43)O2.Cc1cccc2c1B1c3ccccc3Oc3ccc4c5ccccc5n-2c4c31. The van der Waals surface area contributed by atoms with Gasteiger partial charge in [-0.15, -0.1) is 0 Å². The fourth-order valence-electron chi connectivity index (χ4n) is 21.0. The zero-order chi connectivity index (χ0) is 73.6. The van der Waals surface area contributed by atoms with E-state index in [0.29, 0.717) is 0 Å². The van der Waals surface area contributed by atoms with Gasteiger partial charge in [-0.3, -0.25) is 0 Å². The molecule has 8 aliphatic rings. The first kappa shape index (κ1) is 62.1. The molecule has 0 saturated heterocycles. The van der Waals surface area contributed by atoms with E-state index in [1.165, 1.54) is 198 Å². The lowest BCUT2D eigenvalue weighted by Gasteiger charge is -2.33. The van der Waals surface area contributed by atoms with Crippen molar-refractivity contribution in [2.75, 3.05) is 0 Å². The Morgan fingerprint density at radius 1 is 0.196 bits per heavy atom. The van der Waals surface area contributed by atoms with Crippen LogP contribution in [0.15, 0.2) is 315 Å². The predicted molar refractivity (Wildman–Crippen MR) is 467 cm³/mol. The Labute approximate surface area is 646 Å². The molecule has 0 radical (unpaired) electrons. The molecule has 112 heavy (non-hydrogen) atoms. The van der Waals surface area contributed by atoms with Crippen molar-refractivity contribution in [2.24, 2.45) is 0 Å². The second-order valence-electron chi connectivity index (χ2n) is 31.3. The number of rotatable bonds is 0. The number of fused-ring (bicyclic) bond motifs is 32. The van der Waals surface area contributed by atoms with Crippen molar-refractivity contribution in [3.05, 3.63) is 338 Å². The third-order valence-electron chi connectivity index (χ3n) is 25.4. The highest BCUT2D eigenvalue weighted by molar-refractivity contribution is 7.01. The monoisotopic (exact) mass is 1430 g/mol. The van der Waals surface area contributed by atoms with E-state index in [0.717, 1.165) is 46.0 Å². The average molecular weight is 1430 g/mol. The van der Waals surface area contributed by atoms with Crippen LogP contribution in [0.3, 0.4) is 0 Å². The van der Waals surface area contributed by atoms with Crippen LogP contribution in [-0.2, 0) is 0 Å². The maximum atomic E-state index is 6.42. The first-order valence-electron chi connectivity index (χ1n) is 39.0. The smallest absolute Gasteiger partial charge is 0.256 e. The van der Waals surface area contributed by atoms with Gasteiger partial charge in [0.25, 0.3) is 26.9 Å². The van der Waals surface area contributed by atoms with Gasteiger partial charge in [0.15, 0.2) is 0 Å². The maximum Gasteiger partial charge on any atom is 0.256 e. The van der Waals surface area contributed by atoms with E-state index >= 15 is 0 Å². The molecule has 0 amide bonds. The Bertz CT molecular complexity index is 7630. The maximum absolute atomic E-state index is 6.42. The van der Waals surface area contributed by atoms with Gasteiger partial charge in [-0.2, -0.15) is 0 Å². The summed E-state index contributed by atoms with van der Waals surface area (Å²) in [5, 5.41) is 10.4. The van der Waals surface area contributed by atoms with Crippen molar-refractivity contribution in [1.82, 2.24) is 18.3 Å². The standard InChI is InChI=1S/4C25H16BNO/c1-15-7-6-11-20-23(15)26-18-9-3-5-12-21(18)28-22-14-13-17-16-8-2-4-10-19(16)27(20)25(17)24(22)26;1-15-7-6-12-21-23(15)26-18-9-3-5-11-20(18)27-19-10-4-2-8-16(19)17-13-14-22(28-21)24(26)25(17)27;1-15-10-12-21-19(14-15)26-18-7-3-5-9-22(18)28-23-13-11-17-16-6-2-4-8-20(16)27(21)25(17)24(23)26;1-15-10-12-22-19(14-15)26-18-7-3-5-9-21(18)27-20-8-4-2-6-16(20)17-11-13-23(28-22)24(26)25(17)27/h4*2-14H,1H3. The number of nitrogens with zero attached hydrogens (tertiary/aromatic N) is 4. The Morgan fingerprint density at radius 3 is 1.00 bits per heavy atom. The second-order valence-corrected chi connectivity index (χ2v) is 31.3. The minimum absolute atomic E-state index is 0.204. The molecule has 8 aliphatic heterocycles. The first-order valence-corrected chi connectivity index (χ1v) is 39.0. The third-order valence-corrected chi connectivity index (χ3v) is 25.4. The third kappa shape index (κ3) is 8.29. The van der Waals surface area contributed by atoms with E-state index in [1.807, 2.05) is 0 Å². The molecule has 0 saturated carbocycles. The normalized spacial score (nSPS) is 13.4. The molecule has 12 heteroatoms. The Morgan fingerprint density at radius 2 is 0.500 bits per heavy atom. The van der Waals surface area contributed by atoms with Crippen LogP contribution in [0.4, 0.5) is 0 Å². The van der Waals surface area contributed by atoms with Crippen molar-refractivity contribution in [3.8, 4) is 68.7 Å². The zero-order valence-corrected chi connectivity index (χ0v) is 61.8. The van der Waals surface area contributed by atoms with E-state index in [4.69, 9.17) is 18.9 Å². The molecule has 0 fully saturated rings. The van der Waals surface area contributed by atoms with Crippen molar-refractivity contribution < 1.29 is 18.9 Å². The summed E-state index contributed by atoms with van der Waals surface area (Å²) in [7, 11) is 0. The van der Waals surface area contributed by atoms with E-state index in [2.05, 4.69) is 361 Å². The van der Waals surface area contributed by atoms with E-state index in [-0.39, 0.29) is 26.9 Å². The van der Waals surface area contributed by atoms with E-state index in [9.17, 15) is 0 Å². The summed E-state index contributed by atoms with van der Waals surface area (Å²) in [6, 6.07) is 113. The number of aryl methyl sites for hydroxylation is 4. The largest absolute Gasteiger partial charge is 0.458 e. The van der Waals surface area contributed by atoms with Crippen LogP contribution >= 0.6 is 0 Å². The molecular weight excluding hydrogens is 1360 g/mol. The molecule has 16 aromatic carbocycles. The molecule has 520 valence electrons. The van der Waals surface area contributed by atoms with Crippen molar-refractivity contribution in [2.45, 2.75) is 27.7 Å². The summed E-state index contributed by atoms with van der Waals surface area (Å²) in [6.45, 7) is 9.57. The van der Waals surface area contributed by atoms with E-state index < -0.39 is 0 Å². The minimum Gasteiger partial charge on any atom is -0.458 e. The molecule has 0 bridgehead atoms. The van der Waals surface area contributed by atoms with Crippen molar-refractivity contribution in [3.63, 3.8) is 0 Å². The topological polar surface area (TPSA) is 56.6 Å². The fourth-order valence-corrected chi connectivity index (χ4v) is 21.0. The summed E-state index contributed by atoms with van der Waals surface area (Å²) in [4.78, 5) is 0. The highest BCUT2D eigenvalue weighted by Gasteiger charge is 2.46. The van der Waals surface area contributed by atoms with Gasteiger partial charge in [-0.05, 0) is 215 Å². The molecule has 20 aromatic rings. The molecule has 0 unspecified atom stereocenters. The molecule has 8 nitrogen and oxygen atoms in total. The van der Waals surface area contributed by atoms with Gasteiger partial charge in [-0.1, -0.05) is 216 Å². The molecule has 0 spiro atoms. The summed E-state index contributed by atoms with van der Waals surface area (Å²) < 4.78 is 35.3. The zero-order valence-electron chi connectivity index (χ0n) is 61.8. The molecule has 12 heterocycles. The summed E-state index contributed by atoms with van der Waals surface area (Å²) in [6.07, 6.45) is 0. The lowest BCUT2D eigenvalue weighted by molar-refractivity contribution is 0.487. The molecule has 0 aliphatic carbocycles. The number of ether oxygens (including phenoxy) is 4. The van der Waals surface area contributed by atoms with Crippen LogP contribution in [0.2, 0.25) is 0 Å². The summed E-state index contributed by atoms with van der Waals surface area (Å²) >= 11 is 0. The molecule has 0 N–H and O–H groups in total. The van der Waals surface area contributed by atoms with Crippen LogP contribution in [0, 0.1) is 27.7 Å². The second kappa shape index (κ2) is 22.9. The van der Waals surface area contributed by atoms with Crippen LogP contribution in [-0.4, -0.2) is 45.1 Å². The van der Waals surface area contributed by atoms with Crippen LogP contribution in [0.25, 0.3) is 110 Å². The van der Waals surface area contributed by atoms with Crippen molar-refractivity contribution in [1.29, 1.82) is 0 Å². The first-order chi connectivity index (χ1) is 55.3. The fraction of sp³-hybridized carbons (Fsp3) is 0.0400. The molecule has 0 atom stereocenters. The Kier molecular flexibility index (Phi) is 12.7. The minimum atomic E-state index is 0.204. The summed E-state index contributed by atoms with van der Waals surface area (Å²) in [5.74, 6) is 7.82. The van der Waals surface area contributed by atoms with Crippen LogP contribution in [0.5, 0.6) is 46.0 Å².